The molecule has 0 radical (unpaired) electrons. The van der Waals surface area contributed by atoms with Gasteiger partial charge in [0, 0.05) is 35.1 Å². The second kappa shape index (κ2) is 7.76. The van der Waals surface area contributed by atoms with Crippen LogP contribution in [-0.2, 0) is 0 Å². The van der Waals surface area contributed by atoms with Crippen LogP contribution in [0.4, 0.5) is 0 Å². The average Bonchev–Trinajstić information content (AvgIpc) is 3.23. The summed E-state index contributed by atoms with van der Waals surface area (Å²) in [6, 6.07) is 24.6. The van der Waals surface area contributed by atoms with E-state index < -0.39 is 0 Å². The third-order valence-electron chi connectivity index (χ3n) is 5.02. The van der Waals surface area contributed by atoms with Crippen molar-refractivity contribution in [2.45, 2.75) is 6.92 Å². The molecule has 0 bridgehead atoms. The molecule has 0 N–H and O–H groups in total. The zero-order valence-electron chi connectivity index (χ0n) is 16.6. The molecule has 3 aromatic heterocycles. The van der Waals surface area contributed by atoms with Crippen molar-refractivity contribution in [2.24, 2.45) is 0 Å². The Labute approximate surface area is 175 Å². The minimum atomic E-state index is 0.911. The zero-order chi connectivity index (χ0) is 20.3. The summed E-state index contributed by atoms with van der Waals surface area (Å²) in [6.45, 7) is 2.10. The van der Waals surface area contributed by atoms with Crippen molar-refractivity contribution in [3.8, 4) is 16.9 Å². The molecule has 0 amide bonds. The first kappa shape index (κ1) is 18.0. The Bertz CT molecular complexity index is 1340. The summed E-state index contributed by atoms with van der Waals surface area (Å²) in [5.41, 5.74) is 7.14. The molecule has 5 aromatic rings. The Balaban J connectivity index is 1.56. The van der Waals surface area contributed by atoms with Crippen LogP contribution in [0, 0.1) is 6.92 Å². The lowest BCUT2D eigenvalue weighted by Crippen LogP contribution is -1.93. The van der Waals surface area contributed by atoms with Crippen LogP contribution in [0.5, 0.6) is 0 Å². The summed E-state index contributed by atoms with van der Waals surface area (Å²) < 4.78 is 1.91. The van der Waals surface area contributed by atoms with E-state index in [0.29, 0.717) is 0 Å². The summed E-state index contributed by atoms with van der Waals surface area (Å²) in [6.07, 6.45) is 9.74. The van der Waals surface area contributed by atoms with Gasteiger partial charge in [-0.2, -0.15) is 5.10 Å². The maximum Gasteiger partial charge on any atom is 0.100 e. The molecule has 3 heterocycles. The summed E-state index contributed by atoms with van der Waals surface area (Å²) in [5.74, 6) is 0. The highest BCUT2D eigenvalue weighted by atomic mass is 15.3. The highest BCUT2D eigenvalue weighted by molar-refractivity contribution is 5.83. The first-order valence-corrected chi connectivity index (χ1v) is 9.87. The quantitative estimate of drug-likeness (QED) is 0.381. The van der Waals surface area contributed by atoms with Crippen molar-refractivity contribution in [1.82, 2.24) is 19.7 Å². The van der Waals surface area contributed by atoms with Crippen LogP contribution < -0.4 is 0 Å². The number of aromatic nitrogens is 4. The van der Waals surface area contributed by atoms with Gasteiger partial charge < -0.3 is 0 Å². The van der Waals surface area contributed by atoms with Crippen molar-refractivity contribution in [3.05, 3.63) is 108 Å². The number of hydrogen-bond donors (Lipinski definition) is 0. The van der Waals surface area contributed by atoms with E-state index in [4.69, 9.17) is 10.1 Å². The lowest BCUT2D eigenvalue weighted by Gasteiger charge is -2.01. The van der Waals surface area contributed by atoms with E-state index in [9.17, 15) is 0 Å². The lowest BCUT2D eigenvalue weighted by molar-refractivity contribution is 0.884. The van der Waals surface area contributed by atoms with Gasteiger partial charge >= 0.3 is 0 Å². The van der Waals surface area contributed by atoms with Gasteiger partial charge in [0.05, 0.1) is 16.9 Å². The Kier molecular flexibility index (Phi) is 4.66. The van der Waals surface area contributed by atoms with Crippen molar-refractivity contribution >= 4 is 23.1 Å². The Morgan fingerprint density at radius 1 is 0.833 bits per heavy atom. The number of rotatable bonds is 4. The second-order valence-electron chi connectivity index (χ2n) is 7.21. The normalized spacial score (nSPS) is 11.4. The summed E-state index contributed by atoms with van der Waals surface area (Å²) in [4.78, 5) is 8.91. The van der Waals surface area contributed by atoms with Gasteiger partial charge in [0.1, 0.15) is 5.69 Å². The number of nitrogens with zero attached hydrogens (tertiary/aromatic N) is 4. The van der Waals surface area contributed by atoms with Gasteiger partial charge in [0.15, 0.2) is 0 Å². The van der Waals surface area contributed by atoms with Gasteiger partial charge in [-0.1, -0.05) is 35.9 Å². The summed E-state index contributed by atoms with van der Waals surface area (Å²) in [7, 11) is 0. The molecule has 0 fully saturated rings. The molecule has 0 unspecified atom stereocenters. The smallest absolute Gasteiger partial charge is 0.100 e. The molecule has 4 nitrogen and oxygen atoms in total. The van der Waals surface area contributed by atoms with Gasteiger partial charge in [-0.25, -0.2) is 9.67 Å². The second-order valence-corrected chi connectivity index (χ2v) is 7.21. The molecule has 30 heavy (non-hydrogen) atoms. The van der Waals surface area contributed by atoms with Gasteiger partial charge in [0.25, 0.3) is 0 Å². The average molecular weight is 388 g/mol. The predicted molar refractivity (Wildman–Crippen MR) is 122 cm³/mol. The highest BCUT2D eigenvalue weighted by Gasteiger charge is 2.10. The minimum Gasteiger partial charge on any atom is -0.265 e. The molecule has 5 rings (SSSR count). The van der Waals surface area contributed by atoms with E-state index in [0.717, 1.165) is 39.1 Å². The molecule has 0 aliphatic carbocycles. The SMILES string of the molecule is Cc1ccc2nc(/C=C/c3cn(-c4ccccc4)nc3-c3ccncc3)ccc2c1. The Morgan fingerprint density at radius 3 is 2.50 bits per heavy atom. The van der Waals surface area contributed by atoms with Crippen LogP contribution in [0.25, 0.3) is 40.0 Å². The molecule has 0 atom stereocenters. The number of aryl methyl sites for hydroxylation is 1. The third-order valence-corrected chi connectivity index (χ3v) is 5.02. The highest BCUT2D eigenvalue weighted by Crippen LogP contribution is 2.25. The predicted octanol–water partition coefficient (Wildman–Crippen LogP) is 5.96. The summed E-state index contributed by atoms with van der Waals surface area (Å²) in [5, 5.41) is 5.99. The molecule has 0 saturated heterocycles. The van der Waals surface area contributed by atoms with Gasteiger partial charge in [-0.3, -0.25) is 4.98 Å². The topological polar surface area (TPSA) is 43.6 Å². The van der Waals surface area contributed by atoms with Gasteiger partial charge in [-0.15, -0.1) is 0 Å². The van der Waals surface area contributed by atoms with E-state index in [1.165, 1.54) is 5.56 Å². The zero-order valence-corrected chi connectivity index (χ0v) is 16.6. The Hall–Kier alpha value is -4.05. The van der Waals surface area contributed by atoms with E-state index >= 15 is 0 Å². The maximum atomic E-state index is 4.84. The fourth-order valence-corrected chi connectivity index (χ4v) is 3.49. The molecule has 0 aliphatic heterocycles. The molecule has 0 aliphatic rings. The monoisotopic (exact) mass is 388 g/mol. The fraction of sp³-hybridized carbons (Fsp3) is 0.0385. The lowest BCUT2D eigenvalue weighted by atomic mass is 10.1. The number of hydrogen-bond acceptors (Lipinski definition) is 3. The summed E-state index contributed by atoms with van der Waals surface area (Å²) >= 11 is 0. The van der Waals surface area contributed by atoms with Crippen molar-refractivity contribution in [3.63, 3.8) is 0 Å². The van der Waals surface area contributed by atoms with E-state index in [1.54, 1.807) is 12.4 Å². The van der Waals surface area contributed by atoms with Gasteiger partial charge in [0.2, 0.25) is 0 Å². The van der Waals surface area contributed by atoms with Crippen LogP contribution >= 0.6 is 0 Å². The van der Waals surface area contributed by atoms with E-state index in [2.05, 4.69) is 42.2 Å². The molecule has 0 saturated carbocycles. The first-order chi connectivity index (χ1) is 14.8. The van der Waals surface area contributed by atoms with E-state index in [-0.39, 0.29) is 0 Å². The van der Waals surface area contributed by atoms with Crippen molar-refractivity contribution < 1.29 is 0 Å². The molecular formula is C26H20N4. The van der Waals surface area contributed by atoms with Crippen LogP contribution in [0.2, 0.25) is 0 Å². The third kappa shape index (κ3) is 3.63. The van der Waals surface area contributed by atoms with Crippen LogP contribution in [0.15, 0.2) is 91.4 Å². The first-order valence-electron chi connectivity index (χ1n) is 9.87. The van der Waals surface area contributed by atoms with E-state index in [1.807, 2.05) is 65.5 Å². The molecule has 0 spiro atoms. The number of fused-ring (bicyclic) bond motifs is 1. The molecule has 4 heteroatoms. The van der Waals surface area contributed by atoms with Crippen molar-refractivity contribution in [2.75, 3.05) is 0 Å². The standard InChI is InChI=1S/C26H20N4/c1-19-7-12-25-21(17-19)8-10-23(28-25)11-9-22-18-30(24-5-3-2-4-6-24)29-26(22)20-13-15-27-16-14-20/h2-18H,1H3/b11-9+. The molecule has 2 aromatic carbocycles. The Morgan fingerprint density at radius 2 is 1.67 bits per heavy atom. The maximum absolute atomic E-state index is 4.84. The fourth-order valence-electron chi connectivity index (χ4n) is 3.49. The largest absolute Gasteiger partial charge is 0.265 e. The number of pyridine rings is 2. The molecular weight excluding hydrogens is 368 g/mol. The van der Waals surface area contributed by atoms with Gasteiger partial charge in [-0.05, 0) is 61.5 Å². The van der Waals surface area contributed by atoms with Crippen molar-refractivity contribution in [1.29, 1.82) is 0 Å². The van der Waals surface area contributed by atoms with Crippen LogP contribution in [-0.4, -0.2) is 19.7 Å². The number of benzene rings is 2. The minimum absolute atomic E-state index is 0.911. The van der Waals surface area contributed by atoms with Crippen LogP contribution in [0.3, 0.4) is 0 Å². The number of para-hydroxylation sites is 1. The molecule has 144 valence electrons. The van der Waals surface area contributed by atoms with Crippen LogP contribution in [0.1, 0.15) is 16.8 Å².